The average Bonchev–Trinajstić information content (AvgIpc) is 3.18. The summed E-state index contributed by atoms with van der Waals surface area (Å²) in [5.74, 6) is 1.47. The summed E-state index contributed by atoms with van der Waals surface area (Å²) >= 11 is 3.48. The molecular weight excluding hydrogens is 282 g/mol. The van der Waals surface area contributed by atoms with Crippen LogP contribution in [0.3, 0.4) is 0 Å². The van der Waals surface area contributed by atoms with Crippen molar-refractivity contribution in [2.75, 3.05) is 23.4 Å². The summed E-state index contributed by atoms with van der Waals surface area (Å²) in [7, 11) is 0. The van der Waals surface area contributed by atoms with E-state index in [1.165, 1.54) is 12.8 Å². The molecule has 5 heteroatoms. The van der Waals surface area contributed by atoms with Gasteiger partial charge in [-0.3, -0.25) is 0 Å². The highest BCUT2D eigenvalue weighted by molar-refractivity contribution is 9.09. The third kappa shape index (κ3) is 3.56. The summed E-state index contributed by atoms with van der Waals surface area (Å²) in [6.07, 6.45) is 5.26. The molecule has 0 spiro atoms. The molecule has 0 N–H and O–H groups in total. The van der Waals surface area contributed by atoms with Gasteiger partial charge >= 0.3 is 0 Å². The largest absolute Gasteiger partial charge is 0.478 e. The first-order valence-corrected chi connectivity index (χ1v) is 7.25. The normalized spacial score (nSPS) is 14.7. The topological polar surface area (TPSA) is 38.2 Å². The van der Waals surface area contributed by atoms with Gasteiger partial charge in [-0.15, -0.1) is 0 Å². The Morgan fingerprint density at radius 3 is 3.00 bits per heavy atom. The Hall–Kier alpha value is -0.840. The lowest BCUT2D eigenvalue weighted by Gasteiger charge is -2.21. The molecule has 0 atom stereocenters. The van der Waals surface area contributed by atoms with Crippen LogP contribution in [0.4, 0.5) is 5.95 Å². The quantitative estimate of drug-likeness (QED) is 0.726. The summed E-state index contributed by atoms with van der Waals surface area (Å²) in [5, 5.41) is 0.937. The summed E-state index contributed by atoms with van der Waals surface area (Å²) in [4.78, 5) is 11.1. The molecule has 1 aromatic heterocycles. The molecule has 0 saturated heterocycles. The Bertz CT molecular complexity index is 357. The van der Waals surface area contributed by atoms with E-state index in [1.807, 2.05) is 6.07 Å². The molecule has 0 aliphatic heterocycles. The second-order valence-electron chi connectivity index (χ2n) is 4.16. The van der Waals surface area contributed by atoms with Crippen LogP contribution < -0.4 is 9.64 Å². The second-order valence-corrected chi connectivity index (χ2v) is 4.95. The van der Waals surface area contributed by atoms with Crippen LogP contribution in [-0.2, 0) is 0 Å². The summed E-state index contributed by atoms with van der Waals surface area (Å²) < 4.78 is 5.53. The number of nitrogens with zero attached hydrogens (tertiary/aromatic N) is 3. The van der Waals surface area contributed by atoms with Gasteiger partial charge in [-0.1, -0.05) is 22.9 Å². The van der Waals surface area contributed by atoms with Crippen molar-refractivity contribution in [3.63, 3.8) is 0 Å². The average molecular weight is 300 g/mol. The van der Waals surface area contributed by atoms with Gasteiger partial charge < -0.3 is 9.64 Å². The Kier molecular flexibility index (Phi) is 4.59. The monoisotopic (exact) mass is 299 g/mol. The van der Waals surface area contributed by atoms with E-state index in [9.17, 15) is 0 Å². The first-order valence-electron chi connectivity index (χ1n) is 6.13. The minimum Gasteiger partial charge on any atom is -0.478 e. The number of ether oxygens (including phenoxy) is 1. The van der Waals surface area contributed by atoms with Crippen LogP contribution in [0.1, 0.15) is 26.2 Å². The molecule has 2 rings (SSSR count). The van der Waals surface area contributed by atoms with Crippen molar-refractivity contribution < 1.29 is 4.74 Å². The second kappa shape index (κ2) is 6.19. The Labute approximate surface area is 111 Å². The van der Waals surface area contributed by atoms with E-state index in [0.29, 0.717) is 18.5 Å². The maximum Gasteiger partial charge on any atom is 0.228 e. The highest BCUT2D eigenvalue weighted by Crippen LogP contribution is 2.30. The van der Waals surface area contributed by atoms with Crippen molar-refractivity contribution >= 4 is 21.9 Å². The molecule has 1 aromatic rings. The zero-order chi connectivity index (χ0) is 12.1. The Morgan fingerprint density at radius 1 is 1.53 bits per heavy atom. The molecule has 0 aromatic carbocycles. The maximum atomic E-state index is 5.53. The van der Waals surface area contributed by atoms with Crippen molar-refractivity contribution in [1.82, 2.24) is 9.97 Å². The van der Waals surface area contributed by atoms with E-state index < -0.39 is 0 Å². The minimum atomic E-state index is 0.619. The van der Waals surface area contributed by atoms with Gasteiger partial charge in [0.2, 0.25) is 11.8 Å². The van der Waals surface area contributed by atoms with Crippen molar-refractivity contribution in [2.24, 2.45) is 0 Å². The first-order chi connectivity index (χ1) is 8.35. The van der Waals surface area contributed by atoms with Crippen molar-refractivity contribution in [3.8, 4) is 5.88 Å². The van der Waals surface area contributed by atoms with Crippen LogP contribution in [0.15, 0.2) is 12.3 Å². The number of anilines is 1. The smallest absolute Gasteiger partial charge is 0.228 e. The number of alkyl halides is 1. The summed E-state index contributed by atoms with van der Waals surface area (Å²) in [5.41, 5.74) is 0. The molecule has 0 amide bonds. The zero-order valence-corrected chi connectivity index (χ0v) is 11.7. The third-order valence-electron chi connectivity index (χ3n) is 2.64. The van der Waals surface area contributed by atoms with Gasteiger partial charge in [0.1, 0.15) is 0 Å². The van der Waals surface area contributed by atoms with Crippen molar-refractivity contribution in [3.05, 3.63) is 12.3 Å². The van der Waals surface area contributed by atoms with E-state index in [0.717, 1.165) is 24.2 Å². The van der Waals surface area contributed by atoms with Crippen LogP contribution >= 0.6 is 15.9 Å². The minimum absolute atomic E-state index is 0.619. The van der Waals surface area contributed by atoms with Gasteiger partial charge in [-0.2, -0.15) is 4.98 Å². The molecule has 94 valence electrons. The lowest BCUT2D eigenvalue weighted by Crippen LogP contribution is -2.29. The zero-order valence-electron chi connectivity index (χ0n) is 10.1. The van der Waals surface area contributed by atoms with Gasteiger partial charge in [-0.25, -0.2) is 4.98 Å². The highest BCUT2D eigenvalue weighted by Gasteiger charge is 2.30. The summed E-state index contributed by atoms with van der Waals surface area (Å²) in [6, 6.07) is 2.44. The van der Waals surface area contributed by atoms with Gasteiger partial charge in [0, 0.05) is 30.2 Å². The molecule has 1 fully saturated rings. The standard InChI is InChI=1S/C12H18BrN3O/c1-2-9-17-11-5-7-14-12(15-11)16(8-6-13)10-3-4-10/h5,7,10H,2-4,6,8-9H2,1H3. The lowest BCUT2D eigenvalue weighted by molar-refractivity contribution is 0.304. The van der Waals surface area contributed by atoms with Crippen LogP contribution in [0.5, 0.6) is 5.88 Å². The molecule has 0 unspecified atom stereocenters. The molecule has 4 nitrogen and oxygen atoms in total. The van der Waals surface area contributed by atoms with E-state index in [2.05, 4.69) is 37.7 Å². The van der Waals surface area contributed by atoms with Crippen LogP contribution in [0.2, 0.25) is 0 Å². The van der Waals surface area contributed by atoms with Crippen molar-refractivity contribution in [2.45, 2.75) is 32.2 Å². The van der Waals surface area contributed by atoms with Crippen LogP contribution in [0, 0.1) is 0 Å². The number of hydrogen-bond donors (Lipinski definition) is 0. The van der Waals surface area contributed by atoms with E-state index in [1.54, 1.807) is 6.20 Å². The molecule has 1 heterocycles. The number of aromatic nitrogens is 2. The molecule has 1 saturated carbocycles. The fourth-order valence-electron chi connectivity index (χ4n) is 1.68. The lowest BCUT2D eigenvalue weighted by atomic mass is 10.5. The molecule has 17 heavy (non-hydrogen) atoms. The number of hydrogen-bond acceptors (Lipinski definition) is 4. The first kappa shape index (κ1) is 12.6. The van der Waals surface area contributed by atoms with Gasteiger partial charge in [-0.05, 0) is 19.3 Å². The SMILES string of the molecule is CCCOc1ccnc(N(CCBr)C2CC2)n1. The fraction of sp³-hybridized carbons (Fsp3) is 0.667. The summed E-state index contributed by atoms with van der Waals surface area (Å²) in [6.45, 7) is 3.74. The Balaban J connectivity index is 2.07. The van der Waals surface area contributed by atoms with Gasteiger partial charge in [0.15, 0.2) is 0 Å². The molecule has 0 bridgehead atoms. The Morgan fingerprint density at radius 2 is 2.35 bits per heavy atom. The molecular formula is C12H18BrN3O. The van der Waals surface area contributed by atoms with Crippen molar-refractivity contribution in [1.29, 1.82) is 0 Å². The maximum absolute atomic E-state index is 5.53. The predicted molar refractivity (Wildman–Crippen MR) is 72.0 cm³/mol. The highest BCUT2D eigenvalue weighted by atomic mass is 79.9. The van der Waals surface area contributed by atoms with E-state index in [4.69, 9.17) is 4.74 Å². The number of halogens is 1. The molecule has 1 aliphatic carbocycles. The fourth-order valence-corrected chi connectivity index (χ4v) is 2.06. The molecule has 1 aliphatic rings. The van der Waals surface area contributed by atoms with Crippen LogP contribution in [0.25, 0.3) is 0 Å². The van der Waals surface area contributed by atoms with E-state index in [-0.39, 0.29) is 0 Å². The third-order valence-corrected chi connectivity index (χ3v) is 3.00. The predicted octanol–water partition coefficient (Wildman–Crippen LogP) is 2.63. The van der Waals surface area contributed by atoms with E-state index >= 15 is 0 Å². The van der Waals surface area contributed by atoms with Gasteiger partial charge in [0.05, 0.1) is 6.61 Å². The molecule has 0 radical (unpaired) electrons. The van der Waals surface area contributed by atoms with Gasteiger partial charge in [0.25, 0.3) is 0 Å². The number of rotatable bonds is 7. The van der Waals surface area contributed by atoms with Crippen LogP contribution in [-0.4, -0.2) is 34.5 Å².